The van der Waals surface area contributed by atoms with Crippen LogP contribution in [-0.4, -0.2) is 44.0 Å². The molecule has 4 N–H and O–H groups in total. The zero-order chi connectivity index (χ0) is 27.8. The maximum atomic E-state index is 13.4. The lowest BCUT2D eigenvalue weighted by atomic mass is 9.84. The van der Waals surface area contributed by atoms with E-state index in [1.807, 2.05) is 6.92 Å². The van der Waals surface area contributed by atoms with E-state index in [1.54, 1.807) is 0 Å². The number of aliphatic hydroxyl groups is 1. The third kappa shape index (κ3) is 5.81. The number of carboxylic acids is 1. The van der Waals surface area contributed by atoms with Crippen LogP contribution in [0.4, 0.5) is 5.69 Å². The van der Waals surface area contributed by atoms with Gasteiger partial charge in [0.25, 0.3) is 5.91 Å². The van der Waals surface area contributed by atoms with Gasteiger partial charge in [0.05, 0.1) is 23.8 Å². The van der Waals surface area contributed by atoms with Gasteiger partial charge in [0.2, 0.25) is 0 Å². The molecule has 8 nitrogen and oxygen atoms in total. The Bertz CT molecular complexity index is 1340. The molecule has 2 aliphatic rings. The van der Waals surface area contributed by atoms with Crippen LogP contribution in [0.25, 0.3) is 0 Å². The standard InChI is InChI=1S/C30H35NO7.CH4/c1-17(2)8-5-9-18(3)10-7-13-30(4)25(34)15-21-24(33)14-20-22(27(21)38-30)16-31(28(20)35)26-19(29(36)37)11-6-12-23(26)32;/h6,8,10-12,14,25,32-34H,5,7,9,13,15-16H2,1-4H3,(H,36,37);1H4/b18-10+;/t25-,30-;/m0./s1. The van der Waals surface area contributed by atoms with Gasteiger partial charge in [-0.25, -0.2) is 4.79 Å². The number of aromatic hydroxyl groups is 2. The predicted molar refractivity (Wildman–Crippen MR) is 151 cm³/mol. The van der Waals surface area contributed by atoms with Crippen molar-refractivity contribution in [2.75, 3.05) is 4.90 Å². The van der Waals surface area contributed by atoms with E-state index in [0.717, 1.165) is 12.8 Å². The fraction of sp³-hybridized carbons (Fsp3) is 0.419. The van der Waals surface area contributed by atoms with Crippen LogP contribution in [0.5, 0.6) is 17.2 Å². The highest BCUT2D eigenvalue weighted by Crippen LogP contribution is 2.48. The molecule has 0 fully saturated rings. The smallest absolute Gasteiger partial charge is 0.337 e. The van der Waals surface area contributed by atoms with Crippen LogP contribution in [-0.2, 0) is 13.0 Å². The quantitative estimate of drug-likeness (QED) is 0.299. The monoisotopic (exact) mass is 537 g/mol. The number of rotatable bonds is 8. The molecule has 0 aromatic heterocycles. The van der Waals surface area contributed by atoms with Crippen molar-refractivity contribution in [3.8, 4) is 17.2 Å². The SMILES string of the molecule is C.CC(C)=CCC/C(C)=C/CC[C@]1(C)Oc2c(c(O)cc3c2CN(c2c(O)cccc2C(=O)O)C3=O)C[C@@H]1O. The van der Waals surface area contributed by atoms with Crippen LogP contribution in [0.1, 0.15) is 92.6 Å². The summed E-state index contributed by atoms with van der Waals surface area (Å²) in [4.78, 5) is 26.4. The van der Waals surface area contributed by atoms with Crippen molar-refractivity contribution in [2.45, 2.75) is 85.5 Å². The lowest BCUT2D eigenvalue weighted by molar-refractivity contribution is -0.0597. The van der Waals surface area contributed by atoms with Crippen LogP contribution in [0.15, 0.2) is 47.6 Å². The Morgan fingerprint density at radius 2 is 1.85 bits per heavy atom. The van der Waals surface area contributed by atoms with Gasteiger partial charge in [-0.3, -0.25) is 9.69 Å². The number of aromatic carboxylic acids is 1. The third-order valence-electron chi connectivity index (χ3n) is 7.43. The molecule has 2 heterocycles. The van der Waals surface area contributed by atoms with Crippen LogP contribution in [0.2, 0.25) is 0 Å². The molecule has 210 valence electrons. The third-order valence-corrected chi connectivity index (χ3v) is 7.43. The Morgan fingerprint density at radius 3 is 2.51 bits per heavy atom. The molecule has 0 bridgehead atoms. The van der Waals surface area contributed by atoms with Crippen LogP contribution < -0.4 is 9.64 Å². The maximum absolute atomic E-state index is 13.4. The van der Waals surface area contributed by atoms with Gasteiger partial charge in [0.15, 0.2) is 0 Å². The molecule has 2 aromatic carbocycles. The molecule has 0 saturated carbocycles. The zero-order valence-electron chi connectivity index (χ0n) is 22.2. The number of anilines is 1. The Morgan fingerprint density at radius 1 is 1.13 bits per heavy atom. The summed E-state index contributed by atoms with van der Waals surface area (Å²) >= 11 is 0. The van der Waals surface area contributed by atoms with Gasteiger partial charge < -0.3 is 25.2 Å². The summed E-state index contributed by atoms with van der Waals surface area (Å²) in [7, 11) is 0. The first-order valence-electron chi connectivity index (χ1n) is 12.8. The van der Waals surface area contributed by atoms with Crippen LogP contribution >= 0.6 is 0 Å². The number of nitrogens with zero attached hydrogens (tertiary/aromatic N) is 1. The minimum Gasteiger partial charge on any atom is -0.508 e. The largest absolute Gasteiger partial charge is 0.508 e. The summed E-state index contributed by atoms with van der Waals surface area (Å²) in [6.07, 6.45) is 6.79. The number of benzene rings is 2. The average molecular weight is 538 g/mol. The number of aliphatic hydroxyl groups excluding tert-OH is 1. The number of phenolic OH excluding ortho intramolecular Hbond substituents is 2. The molecule has 0 spiro atoms. The van der Waals surface area contributed by atoms with Gasteiger partial charge >= 0.3 is 5.97 Å². The summed E-state index contributed by atoms with van der Waals surface area (Å²) in [5.41, 5.74) is 2.35. The molecule has 4 rings (SSSR count). The van der Waals surface area contributed by atoms with Crippen molar-refractivity contribution in [3.05, 3.63) is 69.8 Å². The number of amides is 1. The summed E-state index contributed by atoms with van der Waals surface area (Å²) in [6, 6.07) is 5.37. The minimum absolute atomic E-state index is 0. The molecular weight excluding hydrogens is 498 g/mol. The zero-order valence-corrected chi connectivity index (χ0v) is 22.2. The highest BCUT2D eigenvalue weighted by molar-refractivity contribution is 6.14. The van der Waals surface area contributed by atoms with Crippen molar-refractivity contribution in [2.24, 2.45) is 0 Å². The van der Waals surface area contributed by atoms with Gasteiger partial charge in [0, 0.05) is 17.5 Å². The number of fused-ring (bicyclic) bond motifs is 3. The Kier molecular flexibility index (Phi) is 8.80. The maximum Gasteiger partial charge on any atom is 0.337 e. The number of carbonyl (C=O) groups excluding carboxylic acids is 1. The van der Waals surface area contributed by atoms with E-state index >= 15 is 0 Å². The van der Waals surface area contributed by atoms with E-state index in [9.17, 15) is 30.0 Å². The molecular formula is C31H39NO7. The molecule has 2 aromatic rings. The molecule has 1 amide bonds. The molecule has 0 unspecified atom stereocenters. The van der Waals surface area contributed by atoms with E-state index in [1.165, 1.54) is 40.3 Å². The average Bonchev–Trinajstić information content (AvgIpc) is 3.16. The first-order valence-corrected chi connectivity index (χ1v) is 12.8. The fourth-order valence-electron chi connectivity index (χ4n) is 5.17. The van der Waals surface area contributed by atoms with Gasteiger partial charge in [0.1, 0.15) is 28.5 Å². The van der Waals surface area contributed by atoms with E-state index in [4.69, 9.17) is 4.74 Å². The molecule has 0 saturated heterocycles. The van der Waals surface area contributed by atoms with Crippen molar-refractivity contribution in [1.29, 1.82) is 0 Å². The summed E-state index contributed by atoms with van der Waals surface area (Å²) in [6.45, 7) is 8.03. The van der Waals surface area contributed by atoms with Crippen molar-refractivity contribution < 1.29 is 34.8 Å². The van der Waals surface area contributed by atoms with Gasteiger partial charge in [-0.2, -0.15) is 0 Å². The summed E-state index contributed by atoms with van der Waals surface area (Å²) in [5.74, 6) is -1.99. The summed E-state index contributed by atoms with van der Waals surface area (Å²) < 4.78 is 6.38. The number of ether oxygens (including phenoxy) is 1. The van der Waals surface area contributed by atoms with Crippen LogP contribution in [0, 0.1) is 0 Å². The second-order valence-corrected chi connectivity index (χ2v) is 10.6. The predicted octanol–water partition coefficient (Wildman–Crippen LogP) is 6.12. The number of hydrogen-bond acceptors (Lipinski definition) is 6. The lowest BCUT2D eigenvalue weighted by Gasteiger charge is -2.40. The van der Waals surface area contributed by atoms with Gasteiger partial charge in [-0.1, -0.05) is 36.8 Å². The van der Waals surface area contributed by atoms with Gasteiger partial charge in [-0.05, 0) is 71.6 Å². The lowest BCUT2D eigenvalue weighted by Crippen LogP contribution is -2.49. The number of hydrogen-bond donors (Lipinski definition) is 4. The molecule has 0 radical (unpaired) electrons. The number of para-hydroxylation sites is 1. The van der Waals surface area contributed by atoms with Crippen molar-refractivity contribution in [3.63, 3.8) is 0 Å². The molecule has 0 aliphatic carbocycles. The number of phenols is 2. The van der Waals surface area contributed by atoms with E-state index in [0.29, 0.717) is 29.7 Å². The van der Waals surface area contributed by atoms with Crippen molar-refractivity contribution in [1.82, 2.24) is 0 Å². The molecule has 8 heteroatoms. The number of allylic oxidation sites excluding steroid dienone is 4. The van der Waals surface area contributed by atoms with Crippen LogP contribution in [0.3, 0.4) is 0 Å². The highest BCUT2D eigenvalue weighted by Gasteiger charge is 2.45. The van der Waals surface area contributed by atoms with E-state index < -0.39 is 23.6 Å². The molecule has 39 heavy (non-hydrogen) atoms. The summed E-state index contributed by atoms with van der Waals surface area (Å²) in [5, 5.41) is 41.8. The molecule has 2 atom stereocenters. The number of carbonyl (C=O) groups is 2. The number of carboxylic acid groups (broad SMARTS) is 1. The minimum atomic E-state index is -1.28. The fourth-order valence-corrected chi connectivity index (χ4v) is 5.17. The molecule has 2 aliphatic heterocycles. The van der Waals surface area contributed by atoms with E-state index in [2.05, 4.69) is 32.9 Å². The first-order chi connectivity index (χ1) is 17.9. The van der Waals surface area contributed by atoms with E-state index in [-0.39, 0.29) is 48.7 Å². The normalized spacial score (nSPS) is 20.0. The van der Waals surface area contributed by atoms with Gasteiger partial charge in [-0.15, -0.1) is 0 Å². The Hall–Kier alpha value is -3.78. The highest BCUT2D eigenvalue weighted by atomic mass is 16.5. The Labute approximate surface area is 229 Å². The topological polar surface area (TPSA) is 128 Å². The second kappa shape index (κ2) is 11.5. The second-order valence-electron chi connectivity index (χ2n) is 10.6. The Balaban J connectivity index is 0.00000420. The first kappa shape index (κ1) is 29.8. The van der Waals surface area contributed by atoms with Crippen molar-refractivity contribution >= 4 is 17.6 Å².